The lowest BCUT2D eigenvalue weighted by Gasteiger charge is -2.17. The first kappa shape index (κ1) is 42.5. The Hall–Kier alpha value is -10.2. The largest absolute Gasteiger partial charge is 0.456 e. The van der Waals surface area contributed by atoms with Crippen molar-refractivity contribution in [2.45, 2.75) is 0 Å². The van der Waals surface area contributed by atoms with Crippen molar-refractivity contribution in [2.24, 2.45) is 0 Å². The van der Waals surface area contributed by atoms with Gasteiger partial charge in [-0.1, -0.05) is 200 Å². The van der Waals surface area contributed by atoms with E-state index in [2.05, 4.69) is 240 Å². The minimum Gasteiger partial charge on any atom is -0.456 e. The highest BCUT2D eigenvalue weighted by atomic mass is 16.3. The van der Waals surface area contributed by atoms with Crippen LogP contribution < -0.4 is 0 Å². The standard InChI is InChI=1S/C69H43N5O/c1-3-17-44(18-4-1)51-38-35-50(43-64(51)74-61-28-14-9-23-54(61)55-24-10-15-29-62(55)74)69-71-67(46-19-5-2-6-20-46)70-68(72-69)47-33-31-45(32-34-47)57-41-48(49-37-40-66-58(42-49)56-25-11-16-30-65(56)75-66)36-39-63(57)73-59-26-12-7-21-52(59)53-22-8-13-27-60(53)73/h1-43H. The van der Waals surface area contributed by atoms with E-state index in [0.717, 1.165) is 105 Å². The van der Waals surface area contributed by atoms with Crippen LogP contribution in [0.4, 0.5) is 0 Å². The van der Waals surface area contributed by atoms with Crippen molar-refractivity contribution in [3.8, 4) is 78.9 Å². The summed E-state index contributed by atoms with van der Waals surface area (Å²) in [6.45, 7) is 0. The van der Waals surface area contributed by atoms with Gasteiger partial charge in [0.15, 0.2) is 17.5 Å². The summed E-state index contributed by atoms with van der Waals surface area (Å²) in [5.41, 5.74) is 17.8. The molecule has 0 atom stereocenters. The molecule has 75 heavy (non-hydrogen) atoms. The maximum absolute atomic E-state index is 6.25. The molecule has 15 aromatic rings. The summed E-state index contributed by atoms with van der Waals surface area (Å²) >= 11 is 0. The molecule has 0 saturated carbocycles. The molecule has 6 heteroatoms. The van der Waals surface area contributed by atoms with E-state index >= 15 is 0 Å². The molecule has 0 aliphatic carbocycles. The number of benzene rings is 11. The topological polar surface area (TPSA) is 61.7 Å². The van der Waals surface area contributed by atoms with Crippen molar-refractivity contribution < 1.29 is 4.42 Å². The second-order valence-electron chi connectivity index (χ2n) is 19.1. The van der Waals surface area contributed by atoms with Crippen LogP contribution in [-0.4, -0.2) is 24.1 Å². The third kappa shape index (κ3) is 7.07. The third-order valence-corrected chi connectivity index (χ3v) is 14.8. The van der Waals surface area contributed by atoms with Crippen LogP contribution in [-0.2, 0) is 0 Å². The van der Waals surface area contributed by atoms with E-state index in [4.69, 9.17) is 19.4 Å². The molecule has 11 aromatic carbocycles. The number of hydrogen-bond acceptors (Lipinski definition) is 4. The first-order valence-electron chi connectivity index (χ1n) is 25.3. The molecule has 0 amide bonds. The molecule has 0 aliphatic rings. The van der Waals surface area contributed by atoms with E-state index in [1.807, 2.05) is 30.3 Å². The Kier molecular flexibility index (Phi) is 9.78. The fourth-order valence-corrected chi connectivity index (χ4v) is 11.3. The van der Waals surface area contributed by atoms with Crippen molar-refractivity contribution in [1.29, 1.82) is 0 Å². The molecule has 0 saturated heterocycles. The van der Waals surface area contributed by atoms with Gasteiger partial charge in [-0.15, -0.1) is 0 Å². The van der Waals surface area contributed by atoms with E-state index in [0.29, 0.717) is 17.5 Å². The average molecular weight is 958 g/mol. The van der Waals surface area contributed by atoms with E-state index in [-0.39, 0.29) is 0 Å². The Morgan fingerprint density at radius 2 is 0.640 bits per heavy atom. The maximum atomic E-state index is 6.25. The lowest BCUT2D eigenvalue weighted by Crippen LogP contribution is -2.02. The van der Waals surface area contributed by atoms with Crippen LogP contribution in [0.3, 0.4) is 0 Å². The van der Waals surface area contributed by atoms with Gasteiger partial charge in [-0.05, 0) is 82.9 Å². The monoisotopic (exact) mass is 957 g/mol. The van der Waals surface area contributed by atoms with Crippen molar-refractivity contribution in [2.75, 3.05) is 0 Å². The zero-order chi connectivity index (χ0) is 49.4. The van der Waals surface area contributed by atoms with Gasteiger partial charge in [0.1, 0.15) is 11.2 Å². The van der Waals surface area contributed by atoms with Crippen molar-refractivity contribution in [1.82, 2.24) is 24.1 Å². The van der Waals surface area contributed by atoms with Crippen LogP contribution in [0, 0.1) is 0 Å². The highest BCUT2D eigenvalue weighted by molar-refractivity contribution is 6.11. The summed E-state index contributed by atoms with van der Waals surface area (Å²) in [5, 5.41) is 7.04. The van der Waals surface area contributed by atoms with Crippen LogP contribution in [0.2, 0.25) is 0 Å². The minimum atomic E-state index is 0.591. The second-order valence-corrected chi connectivity index (χ2v) is 19.1. The van der Waals surface area contributed by atoms with E-state index in [9.17, 15) is 0 Å². The summed E-state index contributed by atoms with van der Waals surface area (Å²) in [5.74, 6) is 1.79. The average Bonchev–Trinajstić information content (AvgIpc) is 4.15. The van der Waals surface area contributed by atoms with Crippen LogP contribution in [0.5, 0.6) is 0 Å². The Balaban J connectivity index is 0.898. The van der Waals surface area contributed by atoms with E-state index < -0.39 is 0 Å². The fraction of sp³-hybridized carbons (Fsp3) is 0. The van der Waals surface area contributed by atoms with Crippen molar-refractivity contribution >= 4 is 65.6 Å². The molecule has 350 valence electrons. The Labute approximate surface area is 431 Å². The summed E-state index contributed by atoms with van der Waals surface area (Å²) in [6, 6.07) is 92.4. The second kappa shape index (κ2) is 17.3. The summed E-state index contributed by atoms with van der Waals surface area (Å²) in [6.07, 6.45) is 0. The highest BCUT2D eigenvalue weighted by Gasteiger charge is 2.21. The van der Waals surface area contributed by atoms with Crippen LogP contribution in [0.1, 0.15) is 0 Å². The Morgan fingerprint density at radius 3 is 1.24 bits per heavy atom. The van der Waals surface area contributed by atoms with Gasteiger partial charge < -0.3 is 13.6 Å². The lowest BCUT2D eigenvalue weighted by molar-refractivity contribution is 0.669. The molecule has 0 radical (unpaired) electrons. The third-order valence-electron chi connectivity index (χ3n) is 14.8. The predicted molar refractivity (Wildman–Crippen MR) is 308 cm³/mol. The number of hydrogen-bond donors (Lipinski definition) is 0. The molecule has 4 aromatic heterocycles. The highest BCUT2D eigenvalue weighted by Crippen LogP contribution is 2.42. The molecule has 0 aliphatic heterocycles. The Bertz CT molecular complexity index is 4600. The van der Waals surface area contributed by atoms with Gasteiger partial charge in [-0.2, -0.15) is 0 Å². The molecule has 0 unspecified atom stereocenters. The SMILES string of the molecule is c1ccc(-c2nc(-c3ccc(-c4cc(-c5ccc6oc7ccccc7c6c5)ccc4-n4c5ccccc5c5ccccc54)cc3)nc(-c3ccc(-c4ccccc4)c(-n4c5ccccc5c5ccccc54)c3)n2)cc1. The number of nitrogens with zero attached hydrogens (tertiary/aromatic N) is 5. The molecule has 0 spiro atoms. The van der Waals surface area contributed by atoms with Gasteiger partial charge in [0.05, 0.1) is 33.4 Å². The van der Waals surface area contributed by atoms with Gasteiger partial charge in [0.2, 0.25) is 0 Å². The molecule has 0 N–H and O–H groups in total. The quantitative estimate of drug-likeness (QED) is 0.152. The molecule has 4 heterocycles. The van der Waals surface area contributed by atoms with Crippen LogP contribution >= 0.6 is 0 Å². The van der Waals surface area contributed by atoms with Crippen LogP contribution in [0.15, 0.2) is 265 Å². The molecule has 0 fully saturated rings. The van der Waals surface area contributed by atoms with Gasteiger partial charge in [-0.3, -0.25) is 0 Å². The number of aromatic nitrogens is 5. The fourth-order valence-electron chi connectivity index (χ4n) is 11.3. The number of para-hydroxylation sites is 5. The van der Waals surface area contributed by atoms with Gasteiger partial charge >= 0.3 is 0 Å². The number of fused-ring (bicyclic) bond motifs is 9. The normalized spacial score (nSPS) is 11.7. The first-order chi connectivity index (χ1) is 37.2. The predicted octanol–water partition coefficient (Wildman–Crippen LogP) is 18.0. The van der Waals surface area contributed by atoms with Gasteiger partial charge in [0.25, 0.3) is 0 Å². The zero-order valence-corrected chi connectivity index (χ0v) is 40.5. The summed E-state index contributed by atoms with van der Waals surface area (Å²) < 4.78 is 11.0. The first-order valence-corrected chi connectivity index (χ1v) is 25.3. The molecule has 15 rings (SSSR count). The van der Waals surface area contributed by atoms with E-state index in [1.54, 1.807) is 0 Å². The molecular weight excluding hydrogens is 915 g/mol. The number of furan rings is 1. The van der Waals surface area contributed by atoms with Gasteiger partial charge in [-0.25, -0.2) is 15.0 Å². The lowest BCUT2D eigenvalue weighted by atomic mass is 9.95. The molecular formula is C69H43N5O. The van der Waals surface area contributed by atoms with Crippen molar-refractivity contribution in [3.05, 3.63) is 261 Å². The summed E-state index contributed by atoms with van der Waals surface area (Å²) in [7, 11) is 0. The zero-order valence-electron chi connectivity index (χ0n) is 40.5. The Morgan fingerprint density at radius 1 is 0.240 bits per heavy atom. The molecule has 6 nitrogen and oxygen atoms in total. The van der Waals surface area contributed by atoms with Crippen LogP contribution in [0.25, 0.3) is 144 Å². The smallest absolute Gasteiger partial charge is 0.164 e. The molecule has 0 bridgehead atoms. The summed E-state index contributed by atoms with van der Waals surface area (Å²) in [4.78, 5) is 15.8. The van der Waals surface area contributed by atoms with E-state index in [1.165, 1.54) is 21.5 Å². The van der Waals surface area contributed by atoms with Crippen molar-refractivity contribution in [3.63, 3.8) is 0 Å². The maximum Gasteiger partial charge on any atom is 0.164 e. The number of rotatable bonds is 8. The minimum absolute atomic E-state index is 0.591. The van der Waals surface area contributed by atoms with Gasteiger partial charge in [0, 0.05) is 60.1 Å².